The molecule has 0 unspecified atom stereocenters. The van der Waals surface area contributed by atoms with Crippen molar-refractivity contribution in [3.8, 4) is 0 Å². The highest BCUT2D eigenvalue weighted by atomic mass is 16.6. The van der Waals surface area contributed by atoms with Gasteiger partial charge in [0.15, 0.2) is 0 Å². The molecule has 22 heavy (non-hydrogen) atoms. The zero-order valence-electron chi connectivity index (χ0n) is 13.8. The molecule has 0 fully saturated rings. The second-order valence-electron chi connectivity index (χ2n) is 6.27. The summed E-state index contributed by atoms with van der Waals surface area (Å²) in [4.78, 5) is 13.3. The Morgan fingerprint density at radius 1 is 1.32 bits per heavy atom. The van der Waals surface area contributed by atoms with E-state index >= 15 is 0 Å². The van der Waals surface area contributed by atoms with Gasteiger partial charge in [-0.25, -0.2) is 0 Å². The van der Waals surface area contributed by atoms with E-state index in [9.17, 15) is 10.1 Å². The van der Waals surface area contributed by atoms with Gasteiger partial charge in [0.05, 0.1) is 4.92 Å². The average Bonchev–Trinajstić information content (AvgIpc) is 2.90. The number of hydrogen-bond acceptors (Lipinski definition) is 5. The molecule has 6 heteroatoms. The molecule has 0 bridgehead atoms. The number of nitrogens with zero attached hydrogens (tertiary/aromatic N) is 2. The van der Waals surface area contributed by atoms with Crippen molar-refractivity contribution in [1.82, 2.24) is 4.90 Å². The highest BCUT2D eigenvalue weighted by Gasteiger charge is 2.23. The molecule has 0 amide bonds. The van der Waals surface area contributed by atoms with Crippen LogP contribution in [-0.2, 0) is 6.42 Å². The molecule has 0 saturated heterocycles. The molecule has 0 aliphatic carbocycles. The summed E-state index contributed by atoms with van der Waals surface area (Å²) in [6.07, 6.45) is 0.831. The minimum atomic E-state index is -0.302. The van der Waals surface area contributed by atoms with Crippen LogP contribution in [0.2, 0.25) is 0 Å². The van der Waals surface area contributed by atoms with E-state index in [1.165, 1.54) is 0 Å². The standard InChI is InChI=1S/C16H26N4O2/c1-11(2)19(12(3)4)10-9-18-16-13-7-8-17-14(13)5-6-15(16)20(21)22/h5-6,11-12,17-18H,7-10H2,1-4H3. The van der Waals surface area contributed by atoms with E-state index in [2.05, 4.69) is 43.2 Å². The molecule has 1 aliphatic rings. The highest BCUT2D eigenvalue weighted by molar-refractivity contribution is 5.77. The van der Waals surface area contributed by atoms with E-state index in [0.29, 0.717) is 24.3 Å². The minimum absolute atomic E-state index is 0.170. The Bertz CT molecular complexity index is 535. The second-order valence-corrected chi connectivity index (χ2v) is 6.27. The lowest BCUT2D eigenvalue weighted by atomic mass is 10.1. The molecule has 0 aromatic heterocycles. The maximum atomic E-state index is 11.3. The number of benzene rings is 1. The van der Waals surface area contributed by atoms with E-state index in [-0.39, 0.29) is 10.6 Å². The smallest absolute Gasteiger partial charge is 0.292 e. The Kier molecular flexibility index (Phi) is 5.24. The normalized spacial score (nSPS) is 13.6. The molecule has 1 aromatic carbocycles. The van der Waals surface area contributed by atoms with Crippen molar-refractivity contribution < 1.29 is 4.92 Å². The molecule has 1 aromatic rings. The molecule has 1 heterocycles. The zero-order valence-corrected chi connectivity index (χ0v) is 13.8. The van der Waals surface area contributed by atoms with Gasteiger partial charge in [-0.3, -0.25) is 15.0 Å². The van der Waals surface area contributed by atoms with E-state index in [0.717, 1.165) is 30.8 Å². The molecular formula is C16H26N4O2. The fourth-order valence-electron chi connectivity index (χ4n) is 3.15. The summed E-state index contributed by atoms with van der Waals surface area (Å²) in [5.41, 5.74) is 2.90. The van der Waals surface area contributed by atoms with Gasteiger partial charge >= 0.3 is 0 Å². The molecule has 0 spiro atoms. The molecule has 6 nitrogen and oxygen atoms in total. The third kappa shape index (κ3) is 3.50. The first-order valence-electron chi connectivity index (χ1n) is 7.95. The van der Waals surface area contributed by atoms with Crippen LogP contribution in [0.5, 0.6) is 0 Å². The minimum Gasteiger partial charge on any atom is -0.384 e. The van der Waals surface area contributed by atoms with E-state index in [1.54, 1.807) is 12.1 Å². The molecule has 1 aliphatic heterocycles. The highest BCUT2D eigenvalue weighted by Crippen LogP contribution is 2.36. The van der Waals surface area contributed by atoms with Crippen molar-refractivity contribution in [2.24, 2.45) is 0 Å². The third-order valence-corrected chi connectivity index (χ3v) is 4.18. The quantitative estimate of drug-likeness (QED) is 0.598. The Morgan fingerprint density at radius 2 is 2.00 bits per heavy atom. The first-order valence-corrected chi connectivity index (χ1v) is 7.95. The monoisotopic (exact) mass is 306 g/mol. The lowest BCUT2D eigenvalue weighted by Crippen LogP contribution is -2.40. The topological polar surface area (TPSA) is 70.4 Å². The Balaban J connectivity index is 2.12. The van der Waals surface area contributed by atoms with Gasteiger partial charge in [-0.1, -0.05) is 0 Å². The number of anilines is 2. The summed E-state index contributed by atoms with van der Waals surface area (Å²) in [5.74, 6) is 0. The van der Waals surface area contributed by atoms with Crippen molar-refractivity contribution >= 4 is 17.1 Å². The first-order chi connectivity index (χ1) is 10.4. The van der Waals surface area contributed by atoms with Crippen LogP contribution in [0.4, 0.5) is 17.1 Å². The second kappa shape index (κ2) is 6.96. The van der Waals surface area contributed by atoms with Gasteiger partial charge in [0.25, 0.3) is 5.69 Å². The van der Waals surface area contributed by atoms with Gasteiger partial charge in [-0.05, 0) is 40.2 Å². The van der Waals surface area contributed by atoms with Crippen LogP contribution in [-0.4, -0.2) is 41.5 Å². The molecule has 0 saturated carbocycles. The molecule has 2 rings (SSSR count). The van der Waals surface area contributed by atoms with Crippen molar-refractivity contribution in [3.63, 3.8) is 0 Å². The first kappa shape index (κ1) is 16.5. The van der Waals surface area contributed by atoms with Crippen LogP contribution >= 0.6 is 0 Å². The predicted octanol–water partition coefficient (Wildman–Crippen LogP) is 3.09. The average molecular weight is 306 g/mol. The molecule has 0 atom stereocenters. The number of nitrogens with one attached hydrogen (secondary N) is 2. The van der Waals surface area contributed by atoms with Crippen molar-refractivity contribution in [2.45, 2.75) is 46.2 Å². The van der Waals surface area contributed by atoms with Crippen LogP contribution in [0.25, 0.3) is 0 Å². The van der Waals surface area contributed by atoms with Crippen molar-refractivity contribution in [1.29, 1.82) is 0 Å². The van der Waals surface area contributed by atoms with Crippen LogP contribution in [0.1, 0.15) is 33.3 Å². The van der Waals surface area contributed by atoms with E-state index < -0.39 is 0 Å². The summed E-state index contributed by atoms with van der Waals surface area (Å²) < 4.78 is 0. The van der Waals surface area contributed by atoms with Gasteiger partial charge in [-0.15, -0.1) is 0 Å². The Labute approximate surface area is 132 Å². The summed E-state index contributed by atoms with van der Waals surface area (Å²) in [7, 11) is 0. The van der Waals surface area contributed by atoms with Gasteiger partial charge < -0.3 is 10.6 Å². The Morgan fingerprint density at radius 3 is 2.59 bits per heavy atom. The number of hydrogen-bond donors (Lipinski definition) is 2. The van der Waals surface area contributed by atoms with Gasteiger partial charge in [0, 0.05) is 49.0 Å². The number of nitro benzene ring substituents is 1. The van der Waals surface area contributed by atoms with Gasteiger partial charge in [-0.2, -0.15) is 0 Å². The summed E-state index contributed by atoms with van der Waals surface area (Å²) in [5, 5.41) is 17.9. The molecule has 122 valence electrons. The lowest BCUT2D eigenvalue weighted by molar-refractivity contribution is -0.384. The lowest BCUT2D eigenvalue weighted by Gasteiger charge is -2.30. The molecular weight excluding hydrogens is 280 g/mol. The van der Waals surface area contributed by atoms with Crippen LogP contribution in [0.3, 0.4) is 0 Å². The summed E-state index contributed by atoms with van der Waals surface area (Å²) in [6, 6.07) is 4.31. The summed E-state index contributed by atoms with van der Waals surface area (Å²) >= 11 is 0. The third-order valence-electron chi connectivity index (χ3n) is 4.18. The fourth-order valence-corrected chi connectivity index (χ4v) is 3.15. The fraction of sp³-hybridized carbons (Fsp3) is 0.625. The predicted molar refractivity (Wildman–Crippen MR) is 90.8 cm³/mol. The van der Waals surface area contributed by atoms with Crippen LogP contribution < -0.4 is 10.6 Å². The maximum Gasteiger partial charge on any atom is 0.292 e. The Hall–Kier alpha value is -1.82. The number of fused-ring (bicyclic) bond motifs is 1. The van der Waals surface area contributed by atoms with E-state index in [4.69, 9.17) is 0 Å². The van der Waals surface area contributed by atoms with Crippen LogP contribution in [0, 0.1) is 10.1 Å². The van der Waals surface area contributed by atoms with Gasteiger partial charge in [0.2, 0.25) is 0 Å². The van der Waals surface area contributed by atoms with Crippen molar-refractivity contribution in [2.75, 3.05) is 30.3 Å². The SMILES string of the molecule is CC(C)N(CCNc1c([N+](=O)[O-])ccc2c1CCN2)C(C)C. The zero-order chi connectivity index (χ0) is 16.3. The van der Waals surface area contributed by atoms with Crippen LogP contribution in [0.15, 0.2) is 12.1 Å². The molecule has 2 N–H and O–H groups in total. The summed E-state index contributed by atoms with van der Waals surface area (Å²) in [6.45, 7) is 11.1. The largest absolute Gasteiger partial charge is 0.384 e. The number of rotatable bonds is 7. The van der Waals surface area contributed by atoms with Crippen molar-refractivity contribution in [3.05, 3.63) is 27.8 Å². The maximum absolute atomic E-state index is 11.3. The number of nitro groups is 1. The molecule has 0 radical (unpaired) electrons. The van der Waals surface area contributed by atoms with Gasteiger partial charge in [0.1, 0.15) is 5.69 Å². The van der Waals surface area contributed by atoms with E-state index in [1.807, 2.05) is 0 Å².